The molecule has 1 aromatic carbocycles. The number of likely N-dealkylation sites (tertiary alicyclic amines) is 1. The minimum Gasteiger partial charge on any atom is -0.408 e. The van der Waals surface area contributed by atoms with Gasteiger partial charge in [0.05, 0.1) is 0 Å². The molecule has 1 aliphatic heterocycles. The summed E-state index contributed by atoms with van der Waals surface area (Å²) in [5.41, 5.74) is 1.70. The molecule has 8 heteroatoms. The third-order valence-corrected chi connectivity index (χ3v) is 5.74. The number of carbonyl (C=O) groups excluding carboxylic acids is 1. The Morgan fingerprint density at radius 2 is 1.84 bits per heavy atom. The molecule has 0 radical (unpaired) electrons. The topological polar surface area (TPSA) is 93.4 Å². The summed E-state index contributed by atoms with van der Waals surface area (Å²) in [5, 5.41) is 6.90. The van der Waals surface area contributed by atoms with E-state index in [1.165, 1.54) is 0 Å². The highest BCUT2D eigenvalue weighted by molar-refractivity contribution is 7.91. The van der Waals surface area contributed by atoms with Crippen LogP contribution in [-0.2, 0) is 14.6 Å². The van der Waals surface area contributed by atoms with Gasteiger partial charge in [-0.05, 0) is 37.8 Å². The SMILES string of the molecule is Cc1ccc(-c2nnc(S(=O)(=O)CC(=O)N3CCC(C)CC3)o2)cc1. The molecule has 7 nitrogen and oxygen atoms in total. The monoisotopic (exact) mass is 363 g/mol. The second kappa shape index (κ2) is 6.95. The summed E-state index contributed by atoms with van der Waals surface area (Å²) in [4.78, 5) is 13.9. The fourth-order valence-electron chi connectivity index (χ4n) is 2.72. The van der Waals surface area contributed by atoms with Crippen LogP contribution in [0.15, 0.2) is 33.9 Å². The van der Waals surface area contributed by atoms with E-state index >= 15 is 0 Å². The van der Waals surface area contributed by atoms with Crippen molar-refractivity contribution in [3.63, 3.8) is 0 Å². The Labute approximate surface area is 147 Å². The van der Waals surface area contributed by atoms with Crippen LogP contribution in [0.2, 0.25) is 0 Å². The number of hydrogen-bond donors (Lipinski definition) is 0. The fourth-order valence-corrected chi connectivity index (χ4v) is 3.72. The zero-order chi connectivity index (χ0) is 18.0. The van der Waals surface area contributed by atoms with E-state index in [9.17, 15) is 13.2 Å². The zero-order valence-corrected chi connectivity index (χ0v) is 15.1. The van der Waals surface area contributed by atoms with Gasteiger partial charge < -0.3 is 9.32 Å². The molecule has 1 saturated heterocycles. The highest BCUT2D eigenvalue weighted by atomic mass is 32.2. The van der Waals surface area contributed by atoms with Gasteiger partial charge in [0.2, 0.25) is 21.6 Å². The minimum atomic E-state index is -3.95. The molecule has 0 N–H and O–H groups in total. The number of hydrogen-bond acceptors (Lipinski definition) is 6. The van der Waals surface area contributed by atoms with Crippen molar-refractivity contribution in [1.82, 2.24) is 15.1 Å². The molecule has 2 aromatic rings. The molecule has 0 aliphatic carbocycles. The predicted octanol–water partition coefficient (Wildman–Crippen LogP) is 2.08. The second-order valence-corrected chi connectivity index (χ2v) is 8.43. The van der Waals surface area contributed by atoms with Crippen LogP contribution in [-0.4, -0.2) is 48.3 Å². The number of nitrogens with zero attached hydrogens (tertiary/aromatic N) is 3. The van der Waals surface area contributed by atoms with E-state index in [0.717, 1.165) is 18.4 Å². The van der Waals surface area contributed by atoms with Crippen LogP contribution in [0.4, 0.5) is 0 Å². The van der Waals surface area contributed by atoms with Gasteiger partial charge >= 0.3 is 5.22 Å². The fraction of sp³-hybridized carbons (Fsp3) is 0.471. The molecule has 1 aliphatic rings. The maximum absolute atomic E-state index is 12.4. The molecule has 1 aromatic heterocycles. The van der Waals surface area contributed by atoms with Gasteiger partial charge in [-0.1, -0.05) is 29.7 Å². The van der Waals surface area contributed by atoms with Crippen molar-refractivity contribution in [2.75, 3.05) is 18.8 Å². The van der Waals surface area contributed by atoms with Crippen LogP contribution in [0.25, 0.3) is 11.5 Å². The number of carbonyl (C=O) groups is 1. The molecule has 134 valence electrons. The number of benzene rings is 1. The Balaban J connectivity index is 1.72. The van der Waals surface area contributed by atoms with Gasteiger partial charge in [0, 0.05) is 18.7 Å². The third kappa shape index (κ3) is 4.07. The molecular weight excluding hydrogens is 342 g/mol. The predicted molar refractivity (Wildman–Crippen MR) is 91.5 cm³/mol. The lowest BCUT2D eigenvalue weighted by molar-refractivity contribution is -0.129. The summed E-state index contributed by atoms with van der Waals surface area (Å²) in [6, 6.07) is 7.29. The molecule has 0 atom stereocenters. The lowest BCUT2D eigenvalue weighted by atomic mass is 9.99. The zero-order valence-electron chi connectivity index (χ0n) is 14.3. The maximum Gasteiger partial charge on any atom is 0.336 e. The van der Waals surface area contributed by atoms with Crippen molar-refractivity contribution < 1.29 is 17.6 Å². The Morgan fingerprint density at radius 3 is 2.48 bits per heavy atom. The minimum absolute atomic E-state index is 0.123. The van der Waals surface area contributed by atoms with Crippen LogP contribution in [0, 0.1) is 12.8 Å². The first kappa shape index (κ1) is 17.6. The van der Waals surface area contributed by atoms with Crippen molar-refractivity contribution in [2.24, 2.45) is 5.92 Å². The van der Waals surface area contributed by atoms with E-state index in [-0.39, 0.29) is 5.89 Å². The van der Waals surface area contributed by atoms with E-state index in [1.807, 2.05) is 19.1 Å². The summed E-state index contributed by atoms with van der Waals surface area (Å²) < 4.78 is 30.1. The van der Waals surface area contributed by atoms with E-state index in [4.69, 9.17) is 4.42 Å². The van der Waals surface area contributed by atoms with E-state index < -0.39 is 26.7 Å². The molecular formula is C17H21N3O4S. The van der Waals surface area contributed by atoms with Gasteiger partial charge in [0.15, 0.2) is 0 Å². The van der Waals surface area contributed by atoms with Crippen molar-refractivity contribution in [3.05, 3.63) is 29.8 Å². The highest BCUT2D eigenvalue weighted by Gasteiger charge is 2.30. The maximum atomic E-state index is 12.4. The van der Waals surface area contributed by atoms with Gasteiger partial charge in [-0.15, -0.1) is 5.10 Å². The molecule has 3 rings (SSSR count). The van der Waals surface area contributed by atoms with Crippen molar-refractivity contribution >= 4 is 15.7 Å². The first-order chi connectivity index (χ1) is 11.8. The number of rotatable bonds is 4. The number of amides is 1. The number of aryl methyl sites for hydroxylation is 1. The van der Waals surface area contributed by atoms with Crippen LogP contribution < -0.4 is 0 Å². The summed E-state index contributed by atoms with van der Waals surface area (Å²) in [6.45, 7) is 5.26. The summed E-state index contributed by atoms with van der Waals surface area (Å²) >= 11 is 0. The van der Waals surface area contributed by atoms with Crippen molar-refractivity contribution in [3.8, 4) is 11.5 Å². The highest BCUT2D eigenvalue weighted by Crippen LogP contribution is 2.21. The van der Waals surface area contributed by atoms with Gasteiger partial charge in [-0.2, -0.15) is 0 Å². The quantitative estimate of drug-likeness (QED) is 0.825. The Kier molecular flexibility index (Phi) is 4.89. The van der Waals surface area contributed by atoms with Crippen LogP contribution in [0.1, 0.15) is 25.3 Å². The number of sulfone groups is 1. The van der Waals surface area contributed by atoms with Crippen LogP contribution in [0.5, 0.6) is 0 Å². The molecule has 0 unspecified atom stereocenters. The van der Waals surface area contributed by atoms with Crippen LogP contribution in [0.3, 0.4) is 0 Å². The van der Waals surface area contributed by atoms with Crippen molar-refractivity contribution in [1.29, 1.82) is 0 Å². The first-order valence-corrected chi connectivity index (χ1v) is 9.91. The van der Waals surface area contributed by atoms with Gasteiger partial charge in [-0.25, -0.2) is 8.42 Å². The Morgan fingerprint density at radius 1 is 1.20 bits per heavy atom. The Bertz CT molecular complexity index is 850. The molecule has 0 spiro atoms. The van der Waals surface area contributed by atoms with Gasteiger partial charge in [0.1, 0.15) is 5.75 Å². The van der Waals surface area contributed by atoms with E-state index in [1.54, 1.807) is 17.0 Å². The molecule has 2 heterocycles. The summed E-state index contributed by atoms with van der Waals surface area (Å²) in [6.07, 6.45) is 1.79. The largest absolute Gasteiger partial charge is 0.408 e. The van der Waals surface area contributed by atoms with E-state index in [2.05, 4.69) is 17.1 Å². The summed E-state index contributed by atoms with van der Waals surface area (Å²) in [7, 11) is -3.95. The normalized spacial score (nSPS) is 16.2. The molecule has 25 heavy (non-hydrogen) atoms. The number of piperidine rings is 1. The second-order valence-electron chi connectivity index (χ2n) is 6.56. The molecule has 0 bridgehead atoms. The number of aromatic nitrogens is 2. The van der Waals surface area contributed by atoms with E-state index in [0.29, 0.717) is 24.6 Å². The first-order valence-electron chi connectivity index (χ1n) is 8.26. The van der Waals surface area contributed by atoms with Crippen LogP contribution >= 0.6 is 0 Å². The molecule has 1 fully saturated rings. The summed E-state index contributed by atoms with van der Waals surface area (Å²) in [5.74, 6) is -0.370. The Hall–Kier alpha value is -2.22. The lowest BCUT2D eigenvalue weighted by Crippen LogP contribution is -2.41. The average molecular weight is 363 g/mol. The average Bonchev–Trinajstić information content (AvgIpc) is 3.06. The lowest BCUT2D eigenvalue weighted by Gasteiger charge is -2.30. The van der Waals surface area contributed by atoms with Crippen molar-refractivity contribution in [2.45, 2.75) is 31.9 Å². The van der Waals surface area contributed by atoms with Gasteiger partial charge in [0.25, 0.3) is 0 Å². The van der Waals surface area contributed by atoms with Gasteiger partial charge in [-0.3, -0.25) is 4.79 Å². The molecule has 1 amide bonds. The molecule has 0 saturated carbocycles. The standard InChI is InChI=1S/C17H21N3O4S/c1-12-3-5-14(6-4-12)16-18-19-17(24-16)25(22,23)11-15(21)20-9-7-13(2)8-10-20/h3-6,13H,7-11H2,1-2H3. The third-order valence-electron chi connectivity index (χ3n) is 4.42. The smallest absolute Gasteiger partial charge is 0.336 e.